The highest BCUT2D eigenvalue weighted by Gasteiger charge is 2.13. The van der Waals surface area contributed by atoms with Crippen molar-refractivity contribution in [3.63, 3.8) is 0 Å². The third-order valence-electron chi connectivity index (χ3n) is 2.92. The molecular weight excluding hydrogens is 228 g/mol. The normalized spacial score (nSPS) is 12.6. The fraction of sp³-hybridized carbons (Fsp3) is 0.357. The van der Waals surface area contributed by atoms with Gasteiger partial charge in [-0.15, -0.1) is 0 Å². The minimum atomic E-state index is -0.566. The molecule has 1 unspecified atom stereocenters. The van der Waals surface area contributed by atoms with Crippen LogP contribution in [0.2, 0.25) is 0 Å². The van der Waals surface area contributed by atoms with E-state index in [2.05, 4.69) is 11.9 Å². The molecule has 2 N–H and O–H groups in total. The van der Waals surface area contributed by atoms with Gasteiger partial charge in [0.05, 0.1) is 24.3 Å². The molecule has 0 spiro atoms. The van der Waals surface area contributed by atoms with Crippen LogP contribution in [-0.4, -0.2) is 19.8 Å². The van der Waals surface area contributed by atoms with Gasteiger partial charge in [0.15, 0.2) is 0 Å². The molecule has 1 aromatic carbocycles. The Morgan fingerprint density at radius 3 is 2.67 bits per heavy atom. The molecular formula is C14H18N2O2. The van der Waals surface area contributed by atoms with Crippen molar-refractivity contribution in [2.24, 2.45) is 0 Å². The molecule has 0 amide bonds. The smallest absolute Gasteiger partial charge is 0.115 e. The van der Waals surface area contributed by atoms with E-state index in [1.165, 1.54) is 0 Å². The van der Waals surface area contributed by atoms with Crippen molar-refractivity contribution >= 4 is 0 Å². The average Bonchev–Trinajstić information content (AvgIpc) is 2.81. The Balaban J connectivity index is 2.09. The highest BCUT2D eigenvalue weighted by atomic mass is 16.3. The number of benzene rings is 1. The maximum Gasteiger partial charge on any atom is 0.115 e. The number of aliphatic hydroxyl groups excluding tert-OH is 1. The van der Waals surface area contributed by atoms with Gasteiger partial charge in [-0.2, -0.15) is 0 Å². The van der Waals surface area contributed by atoms with E-state index in [-0.39, 0.29) is 5.75 Å². The predicted octanol–water partition coefficient (Wildman–Crippen LogP) is 2.27. The lowest BCUT2D eigenvalue weighted by Gasteiger charge is -2.13. The highest BCUT2D eigenvalue weighted by molar-refractivity contribution is 5.26. The Morgan fingerprint density at radius 1 is 1.28 bits per heavy atom. The number of aliphatic hydroxyl groups is 1. The molecule has 0 aliphatic rings. The SMILES string of the molecule is CCCn1cncc1C(O)Cc1ccc(O)cc1. The second kappa shape index (κ2) is 5.69. The van der Waals surface area contributed by atoms with Crippen LogP contribution in [0, 0.1) is 0 Å². The van der Waals surface area contributed by atoms with E-state index < -0.39 is 6.10 Å². The van der Waals surface area contributed by atoms with E-state index in [0.717, 1.165) is 24.2 Å². The first-order chi connectivity index (χ1) is 8.70. The Hall–Kier alpha value is -1.81. The van der Waals surface area contributed by atoms with Crippen LogP contribution < -0.4 is 0 Å². The van der Waals surface area contributed by atoms with Gasteiger partial charge >= 0.3 is 0 Å². The van der Waals surface area contributed by atoms with E-state index in [1.54, 1.807) is 24.7 Å². The summed E-state index contributed by atoms with van der Waals surface area (Å²) in [4.78, 5) is 4.08. The molecule has 1 heterocycles. The fourth-order valence-corrected chi connectivity index (χ4v) is 2.00. The van der Waals surface area contributed by atoms with Gasteiger partial charge in [-0.1, -0.05) is 19.1 Å². The number of aromatic nitrogens is 2. The minimum absolute atomic E-state index is 0.240. The number of nitrogens with zero attached hydrogens (tertiary/aromatic N) is 2. The van der Waals surface area contributed by atoms with E-state index in [4.69, 9.17) is 0 Å². The fourth-order valence-electron chi connectivity index (χ4n) is 2.00. The molecule has 0 bridgehead atoms. The van der Waals surface area contributed by atoms with Gasteiger partial charge in [-0.05, 0) is 24.1 Å². The molecule has 1 atom stereocenters. The summed E-state index contributed by atoms with van der Waals surface area (Å²) in [6, 6.07) is 6.90. The van der Waals surface area contributed by atoms with Crippen molar-refractivity contribution in [3.05, 3.63) is 48.0 Å². The van der Waals surface area contributed by atoms with Crippen molar-refractivity contribution in [1.82, 2.24) is 9.55 Å². The predicted molar refractivity (Wildman–Crippen MR) is 69.3 cm³/mol. The van der Waals surface area contributed by atoms with Crippen molar-refractivity contribution in [2.75, 3.05) is 0 Å². The zero-order valence-corrected chi connectivity index (χ0v) is 10.5. The van der Waals surface area contributed by atoms with Gasteiger partial charge in [0.25, 0.3) is 0 Å². The van der Waals surface area contributed by atoms with E-state index in [0.29, 0.717) is 6.42 Å². The van der Waals surface area contributed by atoms with E-state index in [9.17, 15) is 10.2 Å². The number of hydrogen-bond acceptors (Lipinski definition) is 3. The summed E-state index contributed by atoms with van der Waals surface area (Å²) in [6.07, 6.45) is 4.42. The Labute approximate surface area is 107 Å². The molecule has 0 aliphatic carbocycles. The zero-order chi connectivity index (χ0) is 13.0. The number of aromatic hydroxyl groups is 1. The molecule has 4 nitrogen and oxygen atoms in total. The molecule has 96 valence electrons. The van der Waals surface area contributed by atoms with Crippen LogP contribution in [0.15, 0.2) is 36.8 Å². The topological polar surface area (TPSA) is 58.3 Å². The van der Waals surface area contributed by atoms with Gasteiger partial charge in [0.1, 0.15) is 5.75 Å². The third kappa shape index (κ3) is 2.90. The van der Waals surface area contributed by atoms with Crippen LogP contribution in [-0.2, 0) is 13.0 Å². The molecule has 2 aromatic rings. The van der Waals surface area contributed by atoms with Gasteiger partial charge in [-0.25, -0.2) is 4.98 Å². The van der Waals surface area contributed by atoms with Crippen molar-refractivity contribution < 1.29 is 10.2 Å². The summed E-state index contributed by atoms with van der Waals surface area (Å²) in [5, 5.41) is 19.4. The average molecular weight is 246 g/mol. The van der Waals surface area contributed by atoms with Gasteiger partial charge in [-0.3, -0.25) is 0 Å². The quantitative estimate of drug-likeness (QED) is 0.851. The van der Waals surface area contributed by atoms with Crippen LogP contribution in [0.5, 0.6) is 5.75 Å². The third-order valence-corrected chi connectivity index (χ3v) is 2.92. The molecule has 2 rings (SSSR count). The summed E-state index contributed by atoms with van der Waals surface area (Å²) in [5.41, 5.74) is 1.83. The Morgan fingerprint density at radius 2 is 2.00 bits per heavy atom. The molecule has 1 aromatic heterocycles. The second-order valence-corrected chi connectivity index (χ2v) is 4.40. The Bertz CT molecular complexity index is 491. The van der Waals surface area contributed by atoms with Crippen LogP contribution in [0.3, 0.4) is 0 Å². The van der Waals surface area contributed by atoms with Crippen LogP contribution in [0.25, 0.3) is 0 Å². The lowest BCUT2D eigenvalue weighted by Crippen LogP contribution is -2.09. The summed E-state index contributed by atoms with van der Waals surface area (Å²) in [7, 11) is 0. The van der Waals surface area contributed by atoms with Crippen LogP contribution >= 0.6 is 0 Å². The van der Waals surface area contributed by atoms with E-state index in [1.807, 2.05) is 16.7 Å². The summed E-state index contributed by atoms with van der Waals surface area (Å²) in [6.45, 7) is 2.96. The number of aryl methyl sites for hydroxylation is 1. The van der Waals surface area contributed by atoms with Crippen LogP contribution in [0.4, 0.5) is 0 Å². The molecule has 0 saturated heterocycles. The molecule has 4 heteroatoms. The van der Waals surface area contributed by atoms with Crippen molar-refractivity contribution in [3.8, 4) is 5.75 Å². The number of rotatable bonds is 5. The maximum absolute atomic E-state index is 10.2. The van der Waals surface area contributed by atoms with Gasteiger partial charge < -0.3 is 14.8 Å². The first kappa shape index (κ1) is 12.6. The number of phenolic OH excluding ortho intramolecular Hbond substituents is 1. The monoisotopic (exact) mass is 246 g/mol. The summed E-state index contributed by atoms with van der Waals surface area (Å²) in [5.74, 6) is 0.240. The maximum atomic E-state index is 10.2. The molecule has 0 fully saturated rings. The molecule has 0 saturated carbocycles. The standard InChI is InChI=1S/C14H18N2O2/c1-2-7-16-10-15-9-13(16)14(18)8-11-3-5-12(17)6-4-11/h3-6,9-10,14,17-18H,2,7-8H2,1H3. The first-order valence-electron chi connectivity index (χ1n) is 6.16. The lowest BCUT2D eigenvalue weighted by molar-refractivity contribution is 0.168. The number of phenols is 1. The Kier molecular flexibility index (Phi) is 3.99. The van der Waals surface area contributed by atoms with Crippen molar-refractivity contribution in [2.45, 2.75) is 32.4 Å². The molecule has 0 aliphatic heterocycles. The van der Waals surface area contributed by atoms with Crippen molar-refractivity contribution in [1.29, 1.82) is 0 Å². The van der Waals surface area contributed by atoms with Gasteiger partial charge in [0, 0.05) is 13.0 Å². The van der Waals surface area contributed by atoms with Gasteiger partial charge in [0.2, 0.25) is 0 Å². The largest absolute Gasteiger partial charge is 0.508 e. The summed E-state index contributed by atoms with van der Waals surface area (Å²) >= 11 is 0. The zero-order valence-electron chi connectivity index (χ0n) is 10.5. The lowest BCUT2D eigenvalue weighted by atomic mass is 10.1. The molecule has 18 heavy (non-hydrogen) atoms. The van der Waals surface area contributed by atoms with E-state index >= 15 is 0 Å². The first-order valence-corrected chi connectivity index (χ1v) is 6.16. The highest BCUT2D eigenvalue weighted by Crippen LogP contribution is 2.19. The summed E-state index contributed by atoms with van der Waals surface area (Å²) < 4.78 is 1.98. The number of imidazole rings is 1. The molecule has 0 radical (unpaired) electrons. The number of hydrogen-bond donors (Lipinski definition) is 2. The second-order valence-electron chi connectivity index (χ2n) is 4.40. The van der Waals surface area contributed by atoms with Crippen LogP contribution in [0.1, 0.15) is 30.7 Å². The minimum Gasteiger partial charge on any atom is -0.508 e.